The summed E-state index contributed by atoms with van der Waals surface area (Å²) in [6.45, 7) is 1.32. The Balaban J connectivity index is 1.63. The second-order valence-corrected chi connectivity index (χ2v) is 9.10. The maximum Gasteiger partial charge on any atom is 0.214 e. The molecule has 1 aliphatic carbocycles. The zero-order chi connectivity index (χ0) is 14.2. The van der Waals surface area contributed by atoms with Crippen LogP contribution in [0, 0.1) is 11.8 Å². The molecule has 1 saturated carbocycles. The van der Waals surface area contributed by atoms with Gasteiger partial charge in [0.15, 0.2) is 0 Å². The van der Waals surface area contributed by atoms with Crippen LogP contribution in [0.15, 0.2) is 17.5 Å². The van der Waals surface area contributed by atoms with Crippen LogP contribution in [0.5, 0.6) is 0 Å². The van der Waals surface area contributed by atoms with E-state index in [0.717, 1.165) is 24.1 Å². The van der Waals surface area contributed by atoms with Gasteiger partial charge in [-0.05, 0) is 42.5 Å². The molecule has 3 unspecified atom stereocenters. The van der Waals surface area contributed by atoms with Crippen LogP contribution < -0.4 is 5.73 Å². The van der Waals surface area contributed by atoms with E-state index in [1.807, 2.05) is 17.5 Å². The lowest BCUT2D eigenvalue weighted by Gasteiger charge is -2.29. The fraction of sp³-hybridized carbons (Fsp3) is 0.714. The SMILES string of the molecule is NC1CCCC2CN(S(=O)(=O)CCc3cccs3)CC12. The van der Waals surface area contributed by atoms with Crippen LogP contribution in [0.1, 0.15) is 24.1 Å². The second kappa shape index (κ2) is 5.75. The smallest absolute Gasteiger partial charge is 0.214 e. The monoisotopic (exact) mass is 314 g/mol. The fourth-order valence-corrected chi connectivity index (χ4v) is 5.91. The average molecular weight is 314 g/mol. The third-order valence-corrected chi connectivity index (χ3v) is 7.44. The first kappa shape index (κ1) is 14.5. The van der Waals surface area contributed by atoms with Crippen LogP contribution in [0.2, 0.25) is 0 Å². The highest BCUT2D eigenvalue weighted by molar-refractivity contribution is 7.89. The van der Waals surface area contributed by atoms with E-state index in [2.05, 4.69) is 0 Å². The van der Waals surface area contributed by atoms with Crippen LogP contribution in [-0.2, 0) is 16.4 Å². The molecular formula is C14H22N2O2S2. The van der Waals surface area contributed by atoms with Crippen molar-refractivity contribution in [3.63, 3.8) is 0 Å². The number of thiophene rings is 1. The lowest BCUT2D eigenvalue weighted by molar-refractivity contribution is 0.260. The molecule has 1 aromatic rings. The van der Waals surface area contributed by atoms with Crippen molar-refractivity contribution in [3.05, 3.63) is 22.4 Å². The van der Waals surface area contributed by atoms with Gasteiger partial charge in [0.2, 0.25) is 10.0 Å². The maximum absolute atomic E-state index is 12.5. The van der Waals surface area contributed by atoms with Crippen LogP contribution in [0.3, 0.4) is 0 Å². The number of sulfonamides is 1. The van der Waals surface area contributed by atoms with Gasteiger partial charge in [0.1, 0.15) is 0 Å². The Bertz CT molecular complexity index is 542. The van der Waals surface area contributed by atoms with E-state index < -0.39 is 10.0 Å². The van der Waals surface area contributed by atoms with Gasteiger partial charge in [0.25, 0.3) is 0 Å². The highest BCUT2D eigenvalue weighted by Crippen LogP contribution is 2.36. The number of fused-ring (bicyclic) bond motifs is 1. The molecular weight excluding hydrogens is 292 g/mol. The third kappa shape index (κ3) is 2.93. The van der Waals surface area contributed by atoms with Crippen molar-refractivity contribution in [2.75, 3.05) is 18.8 Å². The van der Waals surface area contributed by atoms with Crippen molar-refractivity contribution in [3.8, 4) is 0 Å². The van der Waals surface area contributed by atoms with Crippen LogP contribution in [0.25, 0.3) is 0 Å². The highest BCUT2D eigenvalue weighted by atomic mass is 32.2. The Morgan fingerprint density at radius 3 is 2.90 bits per heavy atom. The molecule has 112 valence electrons. The molecule has 0 amide bonds. The van der Waals surface area contributed by atoms with Gasteiger partial charge in [-0.1, -0.05) is 12.5 Å². The number of nitrogens with two attached hydrogens (primary N) is 1. The molecule has 2 aliphatic rings. The molecule has 0 spiro atoms. The van der Waals surface area contributed by atoms with E-state index >= 15 is 0 Å². The molecule has 2 heterocycles. The Kier molecular flexibility index (Phi) is 4.17. The molecule has 3 atom stereocenters. The van der Waals surface area contributed by atoms with Crippen molar-refractivity contribution in [1.29, 1.82) is 0 Å². The summed E-state index contributed by atoms with van der Waals surface area (Å²) in [6.07, 6.45) is 3.95. The number of rotatable bonds is 4. The summed E-state index contributed by atoms with van der Waals surface area (Å²) in [5.74, 6) is 1.08. The van der Waals surface area contributed by atoms with Crippen molar-refractivity contribution in [1.82, 2.24) is 4.31 Å². The molecule has 0 radical (unpaired) electrons. The topological polar surface area (TPSA) is 63.4 Å². The summed E-state index contributed by atoms with van der Waals surface area (Å²) < 4.78 is 26.6. The van der Waals surface area contributed by atoms with Crippen molar-refractivity contribution in [2.45, 2.75) is 31.7 Å². The van der Waals surface area contributed by atoms with Crippen molar-refractivity contribution in [2.24, 2.45) is 17.6 Å². The van der Waals surface area contributed by atoms with Gasteiger partial charge in [0.05, 0.1) is 5.75 Å². The number of aryl methyl sites for hydroxylation is 1. The Morgan fingerprint density at radius 1 is 1.35 bits per heavy atom. The number of hydrogen-bond donors (Lipinski definition) is 1. The molecule has 0 bridgehead atoms. The summed E-state index contributed by atoms with van der Waals surface area (Å²) in [5.41, 5.74) is 6.16. The summed E-state index contributed by atoms with van der Waals surface area (Å²) in [6, 6.07) is 4.15. The Morgan fingerprint density at radius 2 is 2.20 bits per heavy atom. The van der Waals surface area contributed by atoms with Gasteiger partial charge in [-0.2, -0.15) is 0 Å². The summed E-state index contributed by atoms with van der Waals surface area (Å²) in [7, 11) is -3.13. The first-order valence-electron chi connectivity index (χ1n) is 7.32. The van der Waals surface area contributed by atoms with Crippen LogP contribution in [-0.4, -0.2) is 37.6 Å². The summed E-state index contributed by atoms with van der Waals surface area (Å²) in [5, 5.41) is 1.99. The second-order valence-electron chi connectivity index (χ2n) is 5.98. The normalized spacial score (nSPS) is 31.4. The summed E-state index contributed by atoms with van der Waals surface area (Å²) in [4.78, 5) is 1.14. The molecule has 6 heteroatoms. The standard InChI is InChI=1S/C14H22N2O2S2/c15-14-5-1-3-11-9-16(10-13(11)14)20(17,18)8-6-12-4-2-7-19-12/h2,4,7,11,13-14H,1,3,5-6,8-10,15H2. The first-order chi connectivity index (χ1) is 9.56. The van der Waals surface area contributed by atoms with Crippen LogP contribution in [0.4, 0.5) is 0 Å². The zero-order valence-corrected chi connectivity index (χ0v) is 13.2. The largest absolute Gasteiger partial charge is 0.327 e. The minimum atomic E-state index is -3.13. The van der Waals surface area contributed by atoms with Gasteiger partial charge in [0, 0.05) is 24.0 Å². The summed E-state index contributed by atoms with van der Waals surface area (Å²) >= 11 is 1.62. The fourth-order valence-electron chi connectivity index (χ4n) is 3.52. The predicted molar refractivity (Wildman–Crippen MR) is 82.2 cm³/mol. The van der Waals surface area contributed by atoms with Crippen LogP contribution >= 0.6 is 11.3 Å². The molecule has 0 aromatic carbocycles. The van der Waals surface area contributed by atoms with Gasteiger partial charge in [-0.3, -0.25) is 0 Å². The predicted octanol–water partition coefficient (Wildman–Crippen LogP) is 1.68. The highest BCUT2D eigenvalue weighted by Gasteiger charge is 2.42. The average Bonchev–Trinajstić information content (AvgIpc) is 3.06. The van der Waals surface area contributed by atoms with Crippen molar-refractivity contribution < 1.29 is 8.42 Å². The number of hydrogen-bond acceptors (Lipinski definition) is 4. The molecule has 1 aromatic heterocycles. The van der Waals surface area contributed by atoms with E-state index in [4.69, 9.17) is 5.73 Å². The lowest BCUT2D eigenvalue weighted by Crippen LogP contribution is -2.38. The molecule has 20 heavy (non-hydrogen) atoms. The van der Waals surface area contributed by atoms with Gasteiger partial charge in [-0.25, -0.2) is 12.7 Å². The zero-order valence-electron chi connectivity index (χ0n) is 11.6. The minimum absolute atomic E-state index is 0.186. The quantitative estimate of drug-likeness (QED) is 0.919. The van der Waals surface area contributed by atoms with E-state index in [0.29, 0.717) is 31.3 Å². The molecule has 2 N–H and O–H groups in total. The Labute approximate surface area is 125 Å². The molecule has 4 nitrogen and oxygen atoms in total. The van der Waals surface area contributed by atoms with E-state index in [9.17, 15) is 8.42 Å². The lowest BCUT2D eigenvalue weighted by atomic mass is 9.78. The van der Waals surface area contributed by atoms with Crippen molar-refractivity contribution >= 4 is 21.4 Å². The molecule has 2 fully saturated rings. The molecule has 3 rings (SSSR count). The first-order valence-corrected chi connectivity index (χ1v) is 9.81. The van der Waals surface area contributed by atoms with Gasteiger partial charge >= 0.3 is 0 Å². The molecule has 1 aliphatic heterocycles. The van der Waals surface area contributed by atoms with E-state index in [1.165, 1.54) is 0 Å². The van der Waals surface area contributed by atoms with Gasteiger partial charge in [-0.15, -0.1) is 11.3 Å². The third-order valence-electron chi connectivity index (χ3n) is 4.70. The van der Waals surface area contributed by atoms with E-state index in [1.54, 1.807) is 15.6 Å². The van der Waals surface area contributed by atoms with E-state index in [-0.39, 0.29) is 11.8 Å². The Hall–Kier alpha value is -0.430. The maximum atomic E-state index is 12.5. The van der Waals surface area contributed by atoms with Gasteiger partial charge < -0.3 is 5.73 Å². The molecule has 1 saturated heterocycles. The number of nitrogens with zero attached hydrogens (tertiary/aromatic N) is 1. The minimum Gasteiger partial charge on any atom is -0.327 e.